The molecule has 8 nitrogen and oxygen atoms in total. The third kappa shape index (κ3) is 6.26. The quantitative estimate of drug-likeness (QED) is 0.257. The van der Waals surface area contributed by atoms with Crippen LogP contribution in [0.1, 0.15) is 43.9 Å². The SMILES string of the molecule is [2H]C([2H])([2H])Oc1c(Oc2ccc(C)c(NC)c2C(=O)Nc2ccnc(C(=O)CC)c2)ccc(OC(F)(F)F)c1F. The molecule has 3 aromatic rings. The van der Waals surface area contributed by atoms with Crippen molar-refractivity contribution in [1.82, 2.24) is 4.98 Å². The number of ether oxygens (including phenoxy) is 3. The number of benzene rings is 2. The van der Waals surface area contributed by atoms with E-state index < -0.39 is 42.4 Å². The molecule has 0 aliphatic carbocycles. The number of alkyl halides is 3. The lowest BCUT2D eigenvalue weighted by Gasteiger charge is -2.19. The molecule has 0 aliphatic rings. The fourth-order valence-corrected chi connectivity index (χ4v) is 3.37. The summed E-state index contributed by atoms with van der Waals surface area (Å²) >= 11 is 0. The van der Waals surface area contributed by atoms with E-state index in [1.807, 2.05) is 0 Å². The first kappa shape index (κ1) is 23.1. The summed E-state index contributed by atoms with van der Waals surface area (Å²) in [5, 5.41) is 5.46. The van der Waals surface area contributed by atoms with Crippen molar-refractivity contribution in [2.45, 2.75) is 26.6 Å². The van der Waals surface area contributed by atoms with Crippen LogP contribution in [0.25, 0.3) is 0 Å². The van der Waals surface area contributed by atoms with Crippen LogP contribution in [0, 0.1) is 12.7 Å². The zero-order chi connectivity index (χ0) is 29.8. The predicted octanol–water partition coefficient (Wildman–Crippen LogP) is 6.12. The van der Waals surface area contributed by atoms with E-state index in [4.69, 9.17) is 8.85 Å². The first-order valence-electron chi connectivity index (χ1n) is 12.2. The zero-order valence-electron chi connectivity index (χ0n) is 22.7. The van der Waals surface area contributed by atoms with E-state index in [0.29, 0.717) is 11.6 Å². The molecule has 0 unspecified atom stereocenters. The Balaban J connectivity index is 2.09. The number of nitrogens with zero attached hydrogens (tertiary/aromatic N) is 1. The highest BCUT2D eigenvalue weighted by atomic mass is 19.4. The molecule has 0 aliphatic heterocycles. The molecule has 37 heavy (non-hydrogen) atoms. The number of nitrogens with one attached hydrogen (secondary N) is 2. The molecule has 196 valence electrons. The standard InChI is InChI=1S/C25H23F4N3O5/c1-5-16(33)15-12-14(10-11-31-15)32-24(34)20-17(7-6-13(2)22(20)30-3)36-19-9-8-18(37-25(27,28)29)21(26)23(19)35-4/h6-12,30H,5H2,1-4H3,(H,31,32,34)/i4D3. The van der Waals surface area contributed by atoms with Gasteiger partial charge in [-0.2, -0.15) is 4.39 Å². The number of carbonyl (C=O) groups excluding carboxylic acids is 2. The average molecular weight is 524 g/mol. The van der Waals surface area contributed by atoms with Gasteiger partial charge in [-0.05, 0) is 42.8 Å². The summed E-state index contributed by atoms with van der Waals surface area (Å²) < 4.78 is 89.0. The fraction of sp³-hybridized carbons (Fsp3) is 0.240. The van der Waals surface area contributed by atoms with Crippen LogP contribution in [0.4, 0.5) is 28.9 Å². The van der Waals surface area contributed by atoms with E-state index in [-0.39, 0.29) is 40.6 Å². The van der Waals surface area contributed by atoms with Crippen LogP contribution < -0.4 is 24.8 Å². The predicted molar refractivity (Wildman–Crippen MR) is 127 cm³/mol. The lowest BCUT2D eigenvalue weighted by molar-refractivity contribution is -0.275. The Morgan fingerprint density at radius 1 is 1.11 bits per heavy atom. The minimum Gasteiger partial charge on any atom is -0.490 e. The van der Waals surface area contributed by atoms with Crippen LogP contribution >= 0.6 is 0 Å². The Kier molecular flexibility index (Phi) is 6.95. The van der Waals surface area contributed by atoms with Crippen molar-refractivity contribution in [3.63, 3.8) is 0 Å². The number of Topliss-reactive ketones (excluding diaryl/α,β-unsaturated/α-hetero) is 1. The Bertz CT molecular complexity index is 1430. The number of carbonyl (C=O) groups is 2. The largest absolute Gasteiger partial charge is 0.573 e. The van der Waals surface area contributed by atoms with Gasteiger partial charge in [0.2, 0.25) is 11.6 Å². The lowest BCUT2D eigenvalue weighted by Crippen LogP contribution is -2.18. The Morgan fingerprint density at radius 3 is 2.46 bits per heavy atom. The van der Waals surface area contributed by atoms with Crippen LogP contribution in [0.3, 0.4) is 0 Å². The Hall–Kier alpha value is -4.35. The van der Waals surface area contributed by atoms with Gasteiger partial charge in [0.05, 0.1) is 16.8 Å². The Morgan fingerprint density at radius 2 is 1.81 bits per heavy atom. The maximum atomic E-state index is 15.0. The van der Waals surface area contributed by atoms with Crippen molar-refractivity contribution in [1.29, 1.82) is 0 Å². The third-order valence-corrected chi connectivity index (χ3v) is 5.05. The average Bonchev–Trinajstić information content (AvgIpc) is 2.86. The second kappa shape index (κ2) is 11.1. The molecule has 1 heterocycles. The molecule has 0 saturated carbocycles. The molecule has 1 aromatic heterocycles. The molecule has 0 saturated heterocycles. The van der Waals surface area contributed by atoms with Gasteiger partial charge in [-0.1, -0.05) is 13.0 Å². The fourth-order valence-electron chi connectivity index (χ4n) is 3.37. The summed E-state index contributed by atoms with van der Waals surface area (Å²) in [4.78, 5) is 29.4. The molecular formula is C25H23F4N3O5. The van der Waals surface area contributed by atoms with Gasteiger partial charge in [-0.25, -0.2) is 0 Å². The van der Waals surface area contributed by atoms with E-state index in [1.54, 1.807) is 13.8 Å². The highest BCUT2D eigenvalue weighted by Crippen LogP contribution is 2.42. The summed E-state index contributed by atoms with van der Waals surface area (Å²) in [5.74, 6) is -6.23. The summed E-state index contributed by atoms with van der Waals surface area (Å²) in [7, 11) is -1.77. The van der Waals surface area contributed by atoms with E-state index in [2.05, 4.69) is 25.1 Å². The van der Waals surface area contributed by atoms with Crippen molar-refractivity contribution in [2.24, 2.45) is 0 Å². The summed E-state index contributed by atoms with van der Waals surface area (Å²) in [6, 6.07) is 7.04. The second-order valence-electron chi connectivity index (χ2n) is 7.50. The van der Waals surface area contributed by atoms with Crippen molar-refractivity contribution in [3.05, 3.63) is 65.2 Å². The van der Waals surface area contributed by atoms with Crippen molar-refractivity contribution in [2.75, 3.05) is 24.7 Å². The molecule has 12 heteroatoms. The van der Waals surface area contributed by atoms with Gasteiger partial charge in [0.25, 0.3) is 5.91 Å². The van der Waals surface area contributed by atoms with Crippen molar-refractivity contribution in [3.8, 4) is 23.0 Å². The number of methoxy groups -OCH3 is 1. The molecule has 2 N–H and O–H groups in total. The first-order valence-corrected chi connectivity index (χ1v) is 10.7. The van der Waals surface area contributed by atoms with Gasteiger partial charge in [0.1, 0.15) is 17.0 Å². The van der Waals surface area contributed by atoms with Gasteiger partial charge < -0.3 is 24.8 Å². The lowest BCUT2D eigenvalue weighted by atomic mass is 10.1. The molecule has 1 amide bonds. The molecule has 2 aromatic carbocycles. The Labute approximate surface area is 213 Å². The van der Waals surface area contributed by atoms with Crippen LogP contribution in [-0.4, -0.2) is 37.1 Å². The molecule has 0 atom stereocenters. The van der Waals surface area contributed by atoms with E-state index in [9.17, 15) is 27.2 Å². The molecule has 0 bridgehead atoms. The highest BCUT2D eigenvalue weighted by Gasteiger charge is 2.34. The van der Waals surface area contributed by atoms with Crippen molar-refractivity contribution >= 4 is 23.1 Å². The highest BCUT2D eigenvalue weighted by molar-refractivity contribution is 6.11. The molecule has 0 spiro atoms. The summed E-state index contributed by atoms with van der Waals surface area (Å²) in [6.45, 7) is 3.32. The van der Waals surface area contributed by atoms with E-state index >= 15 is 0 Å². The number of hydrogen-bond acceptors (Lipinski definition) is 7. The second-order valence-corrected chi connectivity index (χ2v) is 7.50. The van der Waals surface area contributed by atoms with Gasteiger partial charge in [0.15, 0.2) is 17.3 Å². The molecule has 0 radical (unpaired) electrons. The number of aryl methyl sites for hydroxylation is 1. The van der Waals surface area contributed by atoms with Crippen LogP contribution in [0.5, 0.6) is 23.0 Å². The number of anilines is 2. The number of hydrogen-bond donors (Lipinski definition) is 2. The molecule has 0 fully saturated rings. The van der Waals surface area contributed by atoms with Gasteiger partial charge in [-0.15, -0.1) is 13.2 Å². The van der Waals surface area contributed by atoms with Gasteiger partial charge in [0, 0.05) is 25.4 Å². The number of aromatic nitrogens is 1. The summed E-state index contributed by atoms with van der Waals surface area (Å²) in [6.07, 6.45) is -3.76. The minimum atomic E-state index is -5.28. The number of halogens is 4. The monoisotopic (exact) mass is 524 g/mol. The van der Waals surface area contributed by atoms with Crippen LogP contribution in [-0.2, 0) is 0 Å². The number of ketones is 1. The van der Waals surface area contributed by atoms with Crippen LogP contribution in [0.15, 0.2) is 42.6 Å². The molecular weight excluding hydrogens is 498 g/mol. The number of amides is 1. The molecule has 3 rings (SSSR count). The van der Waals surface area contributed by atoms with Crippen molar-refractivity contribution < 1.29 is 45.5 Å². The van der Waals surface area contributed by atoms with Gasteiger partial charge >= 0.3 is 6.36 Å². The third-order valence-electron chi connectivity index (χ3n) is 5.05. The maximum Gasteiger partial charge on any atom is 0.573 e. The number of pyridine rings is 1. The zero-order valence-corrected chi connectivity index (χ0v) is 19.7. The number of rotatable bonds is 9. The topological polar surface area (TPSA) is 98.8 Å². The van der Waals surface area contributed by atoms with Crippen LogP contribution in [0.2, 0.25) is 0 Å². The van der Waals surface area contributed by atoms with E-state index in [0.717, 1.165) is 6.07 Å². The van der Waals surface area contributed by atoms with Gasteiger partial charge in [-0.3, -0.25) is 14.6 Å². The maximum absolute atomic E-state index is 15.0. The normalized spacial score (nSPS) is 12.6. The minimum absolute atomic E-state index is 0.123. The smallest absolute Gasteiger partial charge is 0.490 e. The van der Waals surface area contributed by atoms with E-state index in [1.165, 1.54) is 37.5 Å². The first-order chi connectivity index (χ1) is 18.6. The summed E-state index contributed by atoms with van der Waals surface area (Å²) in [5.41, 5.74) is 1.06.